The lowest BCUT2D eigenvalue weighted by Crippen LogP contribution is -2.25. The summed E-state index contributed by atoms with van der Waals surface area (Å²) in [4.78, 5) is 30.3. The summed E-state index contributed by atoms with van der Waals surface area (Å²) in [6, 6.07) is 14.5. The van der Waals surface area contributed by atoms with Crippen LogP contribution in [0.15, 0.2) is 53.3 Å². The molecule has 4 aromatic rings. The standard InChI is InChI=1S/C21H19N3O3/c1-13-14(2)23(12-19(25)15-8-10-16(27-3)11-9-15)21-22-17-6-4-5-7-18(17)24(21)20(13)26/h4-11H,12H2,1-3H3. The molecule has 27 heavy (non-hydrogen) atoms. The summed E-state index contributed by atoms with van der Waals surface area (Å²) in [6.07, 6.45) is 0. The van der Waals surface area contributed by atoms with Crippen molar-refractivity contribution >= 4 is 22.6 Å². The topological polar surface area (TPSA) is 65.6 Å². The van der Waals surface area contributed by atoms with Crippen LogP contribution in [-0.2, 0) is 6.54 Å². The van der Waals surface area contributed by atoms with Crippen LogP contribution in [0.2, 0.25) is 0 Å². The Labute approximate surface area is 155 Å². The van der Waals surface area contributed by atoms with Crippen LogP contribution in [-0.4, -0.2) is 26.8 Å². The summed E-state index contributed by atoms with van der Waals surface area (Å²) in [5.41, 5.74) is 3.29. The zero-order valence-corrected chi connectivity index (χ0v) is 15.4. The molecule has 0 N–H and O–H groups in total. The van der Waals surface area contributed by atoms with Crippen LogP contribution >= 0.6 is 0 Å². The Bertz CT molecular complexity index is 1230. The molecule has 0 aliphatic heterocycles. The van der Waals surface area contributed by atoms with E-state index in [1.807, 2.05) is 35.8 Å². The minimum absolute atomic E-state index is 0.0576. The maximum absolute atomic E-state index is 12.8. The first kappa shape index (κ1) is 17.0. The highest BCUT2D eigenvalue weighted by Crippen LogP contribution is 2.18. The molecular weight excluding hydrogens is 342 g/mol. The molecule has 0 bridgehead atoms. The minimum Gasteiger partial charge on any atom is -0.497 e. The molecule has 0 saturated heterocycles. The van der Waals surface area contributed by atoms with Crippen LogP contribution in [0, 0.1) is 13.8 Å². The van der Waals surface area contributed by atoms with Crippen LogP contribution in [0.3, 0.4) is 0 Å². The molecule has 0 amide bonds. The lowest BCUT2D eigenvalue weighted by atomic mass is 10.1. The zero-order valence-electron chi connectivity index (χ0n) is 15.4. The van der Waals surface area contributed by atoms with E-state index in [0.29, 0.717) is 22.7 Å². The maximum Gasteiger partial charge on any atom is 0.262 e. The number of carbonyl (C=O) groups is 1. The van der Waals surface area contributed by atoms with Gasteiger partial charge in [0.05, 0.1) is 24.7 Å². The van der Waals surface area contributed by atoms with Crippen molar-refractivity contribution < 1.29 is 9.53 Å². The minimum atomic E-state index is -0.107. The smallest absolute Gasteiger partial charge is 0.262 e. The third-order valence-corrected chi connectivity index (χ3v) is 4.97. The van der Waals surface area contributed by atoms with Gasteiger partial charge in [-0.1, -0.05) is 12.1 Å². The second-order valence-corrected chi connectivity index (χ2v) is 6.49. The van der Waals surface area contributed by atoms with Gasteiger partial charge < -0.3 is 9.30 Å². The Balaban J connectivity index is 1.88. The molecule has 4 rings (SSSR count). The molecule has 0 aliphatic rings. The van der Waals surface area contributed by atoms with Gasteiger partial charge in [0, 0.05) is 16.8 Å². The normalized spacial score (nSPS) is 11.2. The number of ether oxygens (including phenoxy) is 1. The first-order valence-corrected chi connectivity index (χ1v) is 8.65. The average Bonchev–Trinajstić information content (AvgIpc) is 3.09. The number of imidazole rings is 1. The highest BCUT2D eigenvalue weighted by Gasteiger charge is 2.18. The van der Waals surface area contributed by atoms with Gasteiger partial charge in [0.25, 0.3) is 5.56 Å². The lowest BCUT2D eigenvalue weighted by Gasteiger charge is -2.14. The zero-order chi connectivity index (χ0) is 19.1. The van der Waals surface area contributed by atoms with Crippen molar-refractivity contribution in [2.45, 2.75) is 20.4 Å². The number of fused-ring (bicyclic) bond motifs is 3. The van der Waals surface area contributed by atoms with Crippen molar-refractivity contribution in [3.8, 4) is 5.75 Å². The molecule has 0 spiro atoms. The number of aromatic nitrogens is 3. The van der Waals surface area contributed by atoms with Gasteiger partial charge in [-0.25, -0.2) is 9.38 Å². The fourth-order valence-corrected chi connectivity index (χ4v) is 3.27. The molecule has 2 aromatic heterocycles. The molecule has 0 radical (unpaired) electrons. The number of carbonyl (C=O) groups excluding carboxylic acids is 1. The fourth-order valence-electron chi connectivity index (χ4n) is 3.27. The Morgan fingerprint density at radius 3 is 2.48 bits per heavy atom. The predicted molar refractivity (Wildman–Crippen MR) is 104 cm³/mol. The van der Waals surface area contributed by atoms with Crippen LogP contribution in [0.4, 0.5) is 0 Å². The van der Waals surface area contributed by atoms with Crippen LogP contribution in [0.1, 0.15) is 21.6 Å². The van der Waals surface area contributed by atoms with Gasteiger partial charge in [-0.2, -0.15) is 0 Å². The van der Waals surface area contributed by atoms with Gasteiger partial charge in [-0.05, 0) is 50.2 Å². The van der Waals surface area contributed by atoms with E-state index in [1.54, 1.807) is 42.7 Å². The highest BCUT2D eigenvalue weighted by atomic mass is 16.5. The number of hydrogen-bond donors (Lipinski definition) is 0. The molecule has 2 heterocycles. The van der Waals surface area contributed by atoms with E-state index in [1.165, 1.54) is 0 Å². The van der Waals surface area contributed by atoms with Crippen molar-refractivity contribution in [3.05, 3.63) is 75.7 Å². The molecule has 6 nitrogen and oxygen atoms in total. The predicted octanol–water partition coefficient (Wildman–Crippen LogP) is 3.16. The Kier molecular flexibility index (Phi) is 4.03. The van der Waals surface area contributed by atoms with Gasteiger partial charge in [0.1, 0.15) is 5.75 Å². The summed E-state index contributed by atoms with van der Waals surface area (Å²) in [5.74, 6) is 1.12. The fraction of sp³-hybridized carbons (Fsp3) is 0.190. The number of nitrogens with zero attached hydrogens (tertiary/aromatic N) is 3. The van der Waals surface area contributed by atoms with E-state index >= 15 is 0 Å². The Morgan fingerprint density at radius 1 is 1.07 bits per heavy atom. The van der Waals surface area contributed by atoms with Gasteiger partial charge >= 0.3 is 0 Å². The summed E-state index contributed by atoms with van der Waals surface area (Å²) >= 11 is 0. The van der Waals surface area contributed by atoms with E-state index in [0.717, 1.165) is 16.7 Å². The second-order valence-electron chi connectivity index (χ2n) is 6.49. The molecule has 136 valence electrons. The van der Waals surface area contributed by atoms with Crippen molar-refractivity contribution in [1.82, 2.24) is 14.0 Å². The Hall–Kier alpha value is -3.41. The summed E-state index contributed by atoms with van der Waals surface area (Å²) in [7, 11) is 1.59. The number of benzene rings is 2. The van der Waals surface area contributed by atoms with E-state index in [-0.39, 0.29) is 17.9 Å². The van der Waals surface area contributed by atoms with Crippen LogP contribution in [0.5, 0.6) is 5.75 Å². The highest BCUT2D eigenvalue weighted by molar-refractivity contribution is 5.96. The van der Waals surface area contributed by atoms with Crippen LogP contribution < -0.4 is 10.3 Å². The van der Waals surface area contributed by atoms with Crippen molar-refractivity contribution in [2.24, 2.45) is 0 Å². The van der Waals surface area contributed by atoms with Crippen molar-refractivity contribution in [3.63, 3.8) is 0 Å². The quantitative estimate of drug-likeness (QED) is 0.524. The third-order valence-electron chi connectivity index (χ3n) is 4.97. The first-order valence-electron chi connectivity index (χ1n) is 8.65. The van der Waals surface area contributed by atoms with Crippen molar-refractivity contribution in [2.75, 3.05) is 7.11 Å². The van der Waals surface area contributed by atoms with Crippen LogP contribution in [0.25, 0.3) is 16.8 Å². The summed E-state index contributed by atoms with van der Waals surface area (Å²) in [5, 5.41) is 0. The lowest BCUT2D eigenvalue weighted by molar-refractivity contribution is 0.0972. The molecule has 6 heteroatoms. The number of Topliss-reactive ketones (excluding diaryl/α,β-unsaturated/α-hetero) is 1. The number of ketones is 1. The largest absolute Gasteiger partial charge is 0.497 e. The molecule has 2 aromatic carbocycles. The van der Waals surface area contributed by atoms with E-state index in [4.69, 9.17) is 4.74 Å². The number of methoxy groups -OCH3 is 1. The van der Waals surface area contributed by atoms with E-state index < -0.39 is 0 Å². The molecule has 0 saturated carbocycles. The van der Waals surface area contributed by atoms with E-state index in [2.05, 4.69) is 4.98 Å². The van der Waals surface area contributed by atoms with Gasteiger partial charge in [-0.3, -0.25) is 9.59 Å². The first-order chi connectivity index (χ1) is 13.0. The molecule has 0 fully saturated rings. The van der Waals surface area contributed by atoms with Gasteiger partial charge in [-0.15, -0.1) is 0 Å². The summed E-state index contributed by atoms with van der Waals surface area (Å²) < 4.78 is 8.53. The van der Waals surface area contributed by atoms with Gasteiger partial charge in [0.2, 0.25) is 5.78 Å². The molecule has 0 aliphatic carbocycles. The monoisotopic (exact) mass is 361 g/mol. The Morgan fingerprint density at radius 2 is 1.78 bits per heavy atom. The molecule has 0 atom stereocenters. The summed E-state index contributed by atoms with van der Waals surface area (Å²) in [6.45, 7) is 3.73. The number of hydrogen-bond acceptors (Lipinski definition) is 4. The maximum atomic E-state index is 12.8. The average molecular weight is 361 g/mol. The van der Waals surface area contributed by atoms with E-state index in [9.17, 15) is 9.59 Å². The number of rotatable bonds is 4. The van der Waals surface area contributed by atoms with Gasteiger partial charge in [0.15, 0.2) is 5.78 Å². The van der Waals surface area contributed by atoms with Crippen molar-refractivity contribution in [1.29, 1.82) is 0 Å². The third kappa shape index (κ3) is 2.70. The SMILES string of the molecule is COc1ccc(C(=O)Cn2c(C)c(C)c(=O)n3c4ccccc4nc23)cc1. The molecular formula is C21H19N3O3. The molecule has 0 unspecified atom stereocenters. The second kappa shape index (κ2) is 6.39. The number of para-hydroxylation sites is 2.